The summed E-state index contributed by atoms with van der Waals surface area (Å²) in [6.07, 6.45) is 0. The van der Waals surface area contributed by atoms with Gasteiger partial charge in [-0.3, -0.25) is 4.79 Å². The summed E-state index contributed by atoms with van der Waals surface area (Å²) in [7, 11) is 0. The Kier molecular flexibility index (Phi) is 4.95. The number of benzene rings is 3. The van der Waals surface area contributed by atoms with Crippen molar-refractivity contribution in [3.63, 3.8) is 0 Å². The second kappa shape index (κ2) is 7.49. The molecule has 5 heteroatoms. The summed E-state index contributed by atoms with van der Waals surface area (Å²) in [5, 5.41) is 6.13. The first-order valence-electron chi connectivity index (χ1n) is 7.93. The van der Waals surface area contributed by atoms with E-state index in [-0.39, 0.29) is 12.5 Å². The average molecular weight is 333 g/mol. The predicted octanol–water partition coefficient (Wildman–Crippen LogP) is 3.34. The van der Waals surface area contributed by atoms with Crippen molar-refractivity contribution in [2.45, 2.75) is 6.92 Å². The quantitative estimate of drug-likeness (QED) is 0.427. The van der Waals surface area contributed by atoms with Gasteiger partial charge >= 0.3 is 0 Å². The van der Waals surface area contributed by atoms with E-state index in [2.05, 4.69) is 10.5 Å². The molecule has 0 aliphatic rings. The highest BCUT2D eigenvalue weighted by molar-refractivity contribution is 6.00. The maximum absolute atomic E-state index is 12.0. The molecule has 0 aliphatic heterocycles. The summed E-state index contributed by atoms with van der Waals surface area (Å²) in [5.41, 5.74) is 10.4. The van der Waals surface area contributed by atoms with E-state index in [0.29, 0.717) is 17.1 Å². The van der Waals surface area contributed by atoms with Gasteiger partial charge in [0.05, 0.1) is 5.71 Å². The Labute approximate surface area is 146 Å². The molecular weight excluding hydrogens is 314 g/mol. The van der Waals surface area contributed by atoms with Gasteiger partial charge in [-0.25, -0.2) is 5.43 Å². The van der Waals surface area contributed by atoms with Crippen LogP contribution >= 0.6 is 0 Å². The molecule has 0 radical (unpaired) electrons. The van der Waals surface area contributed by atoms with Crippen molar-refractivity contribution in [3.05, 3.63) is 72.3 Å². The minimum absolute atomic E-state index is 0.109. The highest BCUT2D eigenvalue weighted by atomic mass is 16.5. The van der Waals surface area contributed by atoms with Gasteiger partial charge in [0.25, 0.3) is 5.91 Å². The lowest BCUT2D eigenvalue weighted by atomic mass is 10.1. The molecule has 0 aromatic heterocycles. The molecule has 3 aromatic carbocycles. The number of rotatable bonds is 5. The third-order valence-corrected chi connectivity index (χ3v) is 3.76. The Morgan fingerprint density at radius 3 is 2.68 bits per heavy atom. The van der Waals surface area contributed by atoms with E-state index in [1.807, 2.05) is 54.6 Å². The summed E-state index contributed by atoms with van der Waals surface area (Å²) in [5.74, 6) is 0.348. The van der Waals surface area contributed by atoms with Crippen LogP contribution in [-0.2, 0) is 4.79 Å². The Bertz CT molecular complexity index is 930. The molecule has 1 amide bonds. The summed E-state index contributed by atoms with van der Waals surface area (Å²) in [4.78, 5) is 12.0. The van der Waals surface area contributed by atoms with Crippen LogP contribution in [0.2, 0.25) is 0 Å². The second-order valence-corrected chi connectivity index (χ2v) is 5.62. The van der Waals surface area contributed by atoms with Crippen LogP contribution in [0.3, 0.4) is 0 Å². The number of ether oxygens (including phenoxy) is 1. The maximum atomic E-state index is 12.0. The molecule has 3 aromatic rings. The topological polar surface area (TPSA) is 76.7 Å². The molecule has 3 rings (SSSR count). The third kappa shape index (κ3) is 4.14. The predicted molar refractivity (Wildman–Crippen MR) is 101 cm³/mol. The van der Waals surface area contributed by atoms with Crippen LogP contribution in [0.4, 0.5) is 5.69 Å². The molecule has 0 spiro atoms. The Hall–Kier alpha value is -3.34. The highest BCUT2D eigenvalue weighted by Crippen LogP contribution is 2.24. The van der Waals surface area contributed by atoms with E-state index in [1.54, 1.807) is 19.1 Å². The van der Waals surface area contributed by atoms with Crippen LogP contribution < -0.4 is 15.9 Å². The number of carbonyl (C=O) groups is 1. The number of hydrogen-bond donors (Lipinski definition) is 2. The fraction of sp³-hybridized carbons (Fsp3) is 0.100. The summed E-state index contributed by atoms with van der Waals surface area (Å²) in [6.45, 7) is 1.70. The van der Waals surface area contributed by atoms with Crippen molar-refractivity contribution in [1.29, 1.82) is 0 Å². The molecule has 0 saturated heterocycles. The van der Waals surface area contributed by atoms with Gasteiger partial charge in [-0.15, -0.1) is 0 Å². The largest absolute Gasteiger partial charge is 0.483 e. The van der Waals surface area contributed by atoms with Crippen LogP contribution in [0.5, 0.6) is 5.75 Å². The first kappa shape index (κ1) is 16.5. The Morgan fingerprint density at radius 1 is 1.08 bits per heavy atom. The van der Waals surface area contributed by atoms with E-state index in [1.165, 1.54) is 0 Å². The summed E-state index contributed by atoms with van der Waals surface area (Å²) in [6, 6.07) is 20.9. The number of nitrogens with one attached hydrogen (secondary N) is 1. The fourth-order valence-electron chi connectivity index (χ4n) is 2.47. The number of nitrogens with zero attached hydrogens (tertiary/aromatic N) is 1. The van der Waals surface area contributed by atoms with E-state index in [4.69, 9.17) is 10.5 Å². The molecule has 3 N–H and O–H groups in total. The zero-order valence-electron chi connectivity index (χ0n) is 13.9. The third-order valence-electron chi connectivity index (χ3n) is 3.76. The molecule has 0 heterocycles. The van der Waals surface area contributed by atoms with Crippen molar-refractivity contribution in [3.8, 4) is 5.75 Å². The normalized spacial score (nSPS) is 11.3. The van der Waals surface area contributed by atoms with Gasteiger partial charge in [0, 0.05) is 11.1 Å². The molecule has 0 fully saturated rings. The lowest BCUT2D eigenvalue weighted by Crippen LogP contribution is -2.25. The summed E-state index contributed by atoms with van der Waals surface area (Å²) >= 11 is 0. The maximum Gasteiger partial charge on any atom is 0.277 e. The minimum atomic E-state index is -0.323. The number of nitrogens with two attached hydrogens (primary N) is 1. The first-order valence-corrected chi connectivity index (χ1v) is 7.93. The molecule has 126 valence electrons. The molecule has 25 heavy (non-hydrogen) atoms. The monoisotopic (exact) mass is 333 g/mol. The van der Waals surface area contributed by atoms with E-state index in [9.17, 15) is 4.79 Å². The zero-order chi connectivity index (χ0) is 17.6. The van der Waals surface area contributed by atoms with Gasteiger partial charge in [0.15, 0.2) is 6.61 Å². The number of nitrogen functional groups attached to an aromatic ring is 1. The molecule has 5 nitrogen and oxygen atoms in total. The Balaban J connectivity index is 1.62. The lowest BCUT2D eigenvalue weighted by molar-refractivity contribution is -0.123. The van der Waals surface area contributed by atoms with E-state index in [0.717, 1.165) is 16.3 Å². The standard InChI is InChI=1S/C20H19N3O2/c1-14(16-8-4-9-17(21)12-16)22-23-20(24)13-25-19-11-5-7-15-6-2-3-10-18(15)19/h2-12H,13,21H2,1H3,(H,23,24)/b22-14+. The van der Waals surface area contributed by atoms with E-state index < -0.39 is 0 Å². The van der Waals surface area contributed by atoms with Crippen molar-refractivity contribution < 1.29 is 9.53 Å². The summed E-state index contributed by atoms with van der Waals surface area (Å²) < 4.78 is 5.64. The lowest BCUT2D eigenvalue weighted by Gasteiger charge is -2.09. The molecule has 0 saturated carbocycles. The SMILES string of the molecule is C/C(=N\NC(=O)COc1cccc2ccccc12)c1cccc(N)c1. The number of amides is 1. The molecule has 0 aliphatic carbocycles. The Morgan fingerprint density at radius 2 is 1.84 bits per heavy atom. The van der Waals surface area contributed by atoms with Gasteiger partial charge in [0.2, 0.25) is 0 Å². The first-order chi connectivity index (χ1) is 12.1. The van der Waals surface area contributed by atoms with Crippen molar-refractivity contribution in [2.75, 3.05) is 12.3 Å². The molecular formula is C20H19N3O2. The van der Waals surface area contributed by atoms with Crippen molar-refractivity contribution >= 4 is 28.1 Å². The fourth-order valence-corrected chi connectivity index (χ4v) is 2.47. The van der Waals surface area contributed by atoms with Gasteiger partial charge in [0.1, 0.15) is 5.75 Å². The number of carbonyl (C=O) groups excluding carboxylic acids is 1. The molecule has 0 unspecified atom stereocenters. The van der Waals surface area contributed by atoms with Crippen molar-refractivity contribution in [1.82, 2.24) is 5.43 Å². The van der Waals surface area contributed by atoms with Crippen LogP contribution in [0.15, 0.2) is 71.8 Å². The average Bonchev–Trinajstić information content (AvgIpc) is 2.64. The van der Waals surface area contributed by atoms with Gasteiger partial charge in [-0.1, -0.05) is 48.5 Å². The number of fused-ring (bicyclic) bond motifs is 1. The van der Waals surface area contributed by atoms with Gasteiger partial charge < -0.3 is 10.5 Å². The van der Waals surface area contributed by atoms with Crippen LogP contribution in [-0.4, -0.2) is 18.2 Å². The number of anilines is 1. The van der Waals surface area contributed by atoms with Gasteiger partial charge in [-0.2, -0.15) is 5.10 Å². The van der Waals surface area contributed by atoms with Crippen molar-refractivity contribution in [2.24, 2.45) is 5.10 Å². The smallest absolute Gasteiger partial charge is 0.277 e. The van der Waals surface area contributed by atoms with Gasteiger partial charge in [-0.05, 0) is 36.1 Å². The number of hydrogen-bond acceptors (Lipinski definition) is 4. The molecule has 0 bridgehead atoms. The highest BCUT2D eigenvalue weighted by Gasteiger charge is 2.06. The minimum Gasteiger partial charge on any atom is -0.483 e. The number of hydrazone groups is 1. The zero-order valence-corrected chi connectivity index (χ0v) is 13.9. The van der Waals surface area contributed by atoms with Crippen LogP contribution in [0.1, 0.15) is 12.5 Å². The molecule has 0 atom stereocenters. The van der Waals surface area contributed by atoms with E-state index >= 15 is 0 Å². The van der Waals surface area contributed by atoms with Crippen LogP contribution in [0.25, 0.3) is 10.8 Å². The second-order valence-electron chi connectivity index (χ2n) is 5.62. The van der Waals surface area contributed by atoms with Crippen LogP contribution in [0, 0.1) is 0 Å².